The predicted molar refractivity (Wildman–Crippen MR) is 107 cm³/mol. The van der Waals surface area contributed by atoms with E-state index in [1.54, 1.807) is 18.7 Å². The van der Waals surface area contributed by atoms with Crippen LogP contribution in [-0.4, -0.2) is 20.7 Å². The molecule has 4 fully saturated rings. The van der Waals surface area contributed by atoms with E-state index in [9.17, 15) is 4.79 Å². The lowest BCUT2D eigenvalue weighted by molar-refractivity contribution is -0.154. The monoisotopic (exact) mass is 375 g/mol. The Morgan fingerprint density at radius 2 is 1.75 bits per heavy atom. The van der Waals surface area contributed by atoms with E-state index in [1.807, 2.05) is 18.3 Å². The van der Waals surface area contributed by atoms with Gasteiger partial charge in [-0.1, -0.05) is 13.0 Å². The Morgan fingerprint density at radius 1 is 1.04 bits per heavy atom. The second-order valence-electron chi connectivity index (χ2n) is 10.0. The first-order valence-electron chi connectivity index (χ1n) is 10.7. The first-order valence-corrected chi connectivity index (χ1v) is 10.7. The van der Waals surface area contributed by atoms with Crippen molar-refractivity contribution in [2.75, 3.05) is 0 Å². The van der Waals surface area contributed by atoms with Crippen LogP contribution in [0.1, 0.15) is 56.7 Å². The van der Waals surface area contributed by atoms with Crippen LogP contribution in [0.25, 0.3) is 0 Å². The van der Waals surface area contributed by atoms with Gasteiger partial charge in [-0.25, -0.2) is 9.97 Å². The third kappa shape index (κ3) is 3.17. The van der Waals surface area contributed by atoms with Crippen molar-refractivity contribution in [3.8, 4) is 0 Å². The molecule has 2 aromatic rings. The molecule has 4 saturated carbocycles. The molecule has 0 N–H and O–H groups in total. The van der Waals surface area contributed by atoms with Gasteiger partial charge in [-0.2, -0.15) is 0 Å². The average Bonchev–Trinajstić information content (AvgIpc) is 2.68. The van der Waals surface area contributed by atoms with Gasteiger partial charge in [-0.15, -0.1) is 0 Å². The highest BCUT2D eigenvalue weighted by atomic mass is 16.1. The lowest BCUT2D eigenvalue weighted by Gasteiger charge is -2.57. The highest BCUT2D eigenvalue weighted by Crippen LogP contribution is 2.62. The third-order valence-corrected chi connectivity index (χ3v) is 7.60. The summed E-state index contributed by atoms with van der Waals surface area (Å²) in [6.07, 6.45) is 15.9. The largest absolute Gasteiger partial charge is 0.298 e. The molecule has 0 aliphatic heterocycles. The topological polar surface area (TPSA) is 55.7 Å². The summed E-state index contributed by atoms with van der Waals surface area (Å²) in [5.41, 5.74) is 1.54. The summed E-state index contributed by atoms with van der Waals surface area (Å²) in [6.45, 7) is 2.17. The van der Waals surface area contributed by atoms with Gasteiger partial charge >= 0.3 is 0 Å². The number of rotatable bonds is 6. The van der Waals surface area contributed by atoms with Gasteiger partial charge in [0, 0.05) is 41.5 Å². The summed E-state index contributed by atoms with van der Waals surface area (Å²) in [4.78, 5) is 27.1. The Kier molecular flexibility index (Phi) is 4.33. The number of hydrogen-bond donors (Lipinski definition) is 0. The zero-order valence-corrected chi connectivity index (χ0v) is 16.7. The Balaban J connectivity index is 1.49. The van der Waals surface area contributed by atoms with Gasteiger partial charge in [0.2, 0.25) is 0 Å². The maximum absolute atomic E-state index is 14.3. The molecule has 2 heterocycles. The van der Waals surface area contributed by atoms with Crippen molar-refractivity contribution in [3.63, 3.8) is 0 Å². The summed E-state index contributed by atoms with van der Waals surface area (Å²) >= 11 is 0. The molecule has 0 aromatic carbocycles. The molecule has 1 unspecified atom stereocenters. The minimum absolute atomic E-state index is 0.0985. The first-order chi connectivity index (χ1) is 13.5. The summed E-state index contributed by atoms with van der Waals surface area (Å²) < 4.78 is 0. The van der Waals surface area contributed by atoms with Crippen molar-refractivity contribution in [1.29, 1.82) is 0 Å². The number of carbonyl (C=O) groups excluding carboxylic acids is 1. The molecule has 0 spiro atoms. The van der Waals surface area contributed by atoms with Crippen LogP contribution in [0.4, 0.5) is 0 Å². The fourth-order valence-electron chi connectivity index (χ4n) is 7.03. The number of ketones is 1. The maximum atomic E-state index is 14.3. The van der Waals surface area contributed by atoms with E-state index >= 15 is 0 Å². The second-order valence-corrected chi connectivity index (χ2v) is 10.0. The molecule has 28 heavy (non-hydrogen) atoms. The average molecular weight is 376 g/mol. The van der Waals surface area contributed by atoms with Gasteiger partial charge < -0.3 is 0 Å². The molecule has 4 nitrogen and oxygen atoms in total. The fourth-order valence-corrected chi connectivity index (χ4v) is 7.03. The van der Waals surface area contributed by atoms with Crippen molar-refractivity contribution in [2.24, 2.45) is 28.6 Å². The Bertz CT molecular complexity index is 772. The number of Topliss-reactive ketones (excluding diaryl/α,β-unsaturated/α-hetero) is 1. The SMILES string of the molecule is CC(Cc1cccnc1)(Cc1ccncn1)C(=O)C12CC3CC(CC(C3)C1)C2. The van der Waals surface area contributed by atoms with Crippen LogP contribution in [0.3, 0.4) is 0 Å². The fraction of sp³-hybridized carbons (Fsp3) is 0.583. The van der Waals surface area contributed by atoms with Gasteiger partial charge in [0.05, 0.1) is 0 Å². The number of carbonyl (C=O) groups is 1. The van der Waals surface area contributed by atoms with E-state index in [1.165, 1.54) is 19.3 Å². The molecule has 6 rings (SSSR count). The molecule has 4 aliphatic carbocycles. The van der Waals surface area contributed by atoms with Crippen LogP contribution in [0.2, 0.25) is 0 Å². The number of aromatic nitrogens is 3. The van der Waals surface area contributed by atoms with Gasteiger partial charge in [-0.3, -0.25) is 9.78 Å². The van der Waals surface area contributed by atoms with E-state index in [0.717, 1.165) is 54.7 Å². The van der Waals surface area contributed by atoms with E-state index in [4.69, 9.17) is 0 Å². The van der Waals surface area contributed by atoms with Crippen LogP contribution in [0.5, 0.6) is 0 Å². The molecule has 4 heteroatoms. The number of hydrogen-bond acceptors (Lipinski definition) is 4. The van der Waals surface area contributed by atoms with Crippen LogP contribution in [0, 0.1) is 28.6 Å². The molecule has 4 bridgehead atoms. The normalized spacial score (nSPS) is 32.8. The molecule has 0 amide bonds. The minimum atomic E-state index is -0.455. The lowest BCUT2D eigenvalue weighted by atomic mass is 9.46. The Morgan fingerprint density at radius 3 is 2.32 bits per heavy atom. The minimum Gasteiger partial charge on any atom is -0.298 e. The van der Waals surface area contributed by atoms with Crippen LogP contribution in [0.15, 0.2) is 43.1 Å². The highest BCUT2D eigenvalue weighted by molar-refractivity contribution is 5.91. The smallest absolute Gasteiger partial charge is 0.145 e. The zero-order valence-electron chi connectivity index (χ0n) is 16.7. The van der Waals surface area contributed by atoms with E-state index in [2.05, 4.69) is 27.9 Å². The molecule has 1 atom stereocenters. The van der Waals surface area contributed by atoms with E-state index in [0.29, 0.717) is 12.2 Å². The summed E-state index contributed by atoms with van der Waals surface area (Å²) in [6, 6.07) is 6.02. The lowest BCUT2D eigenvalue weighted by Crippen LogP contribution is -2.54. The van der Waals surface area contributed by atoms with E-state index < -0.39 is 5.41 Å². The van der Waals surface area contributed by atoms with Gasteiger partial charge in [0.25, 0.3) is 0 Å². The Labute approximate surface area is 167 Å². The molecule has 0 saturated heterocycles. The molecular weight excluding hydrogens is 346 g/mol. The van der Waals surface area contributed by atoms with Crippen molar-refractivity contribution >= 4 is 5.78 Å². The summed E-state index contributed by atoms with van der Waals surface area (Å²) in [5, 5.41) is 0. The molecule has 0 radical (unpaired) electrons. The van der Waals surface area contributed by atoms with Gasteiger partial charge in [0.15, 0.2) is 0 Å². The highest BCUT2D eigenvalue weighted by Gasteiger charge is 2.57. The maximum Gasteiger partial charge on any atom is 0.145 e. The molecular formula is C24H29N3O. The third-order valence-electron chi connectivity index (χ3n) is 7.60. The van der Waals surface area contributed by atoms with Crippen LogP contribution < -0.4 is 0 Å². The van der Waals surface area contributed by atoms with Crippen molar-refractivity contribution < 1.29 is 4.79 Å². The predicted octanol–water partition coefficient (Wildman–Crippen LogP) is 4.45. The van der Waals surface area contributed by atoms with Crippen LogP contribution >= 0.6 is 0 Å². The van der Waals surface area contributed by atoms with Gasteiger partial charge in [0.1, 0.15) is 12.1 Å². The van der Waals surface area contributed by atoms with Crippen LogP contribution in [-0.2, 0) is 17.6 Å². The number of nitrogens with zero attached hydrogens (tertiary/aromatic N) is 3. The van der Waals surface area contributed by atoms with Crippen molar-refractivity contribution in [2.45, 2.75) is 58.3 Å². The zero-order chi connectivity index (χ0) is 19.2. The van der Waals surface area contributed by atoms with Crippen molar-refractivity contribution in [1.82, 2.24) is 15.0 Å². The van der Waals surface area contributed by atoms with Gasteiger partial charge in [-0.05, 0) is 80.4 Å². The summed E-state index contributed by atoms with van der Waals surface area (Å²) in [7, 11) is 0. The summed E-state index contributed by atoms with van der Waals surface area (Å²) in [5.74, 6) is 2.81. The Hall–Kier alpha value is -2.10. The number of pyridine rings is 1. The van der Waals surface area contributed by atoms with E-state index in [-0.39, 0.29) is 5.41 Å². The first kappa shape index (κ1) is 18.0. The standard InChI is InChI=1S/C24H29N3O/c1-23(10-17-3-2-5-25-15-17,14-21-4-6-26-16-27-21)22(28)24-11-18-7-19(12-24)9-20(8-18)13-24/h2-6,15-16,18-20H,7-14H2,1H3. The molecule has 4 aliphatic rings. The molecule has 146 valence electrons. The molecule has 2 aromatic heterocycles. The second kappa shape index (κ2) is 6.75. The quantitative estimate of drug-likeness (QED) is 0.748. The van der Waals surface area contributed by atoms with Crippen molar-refractivity contribution in [3.05, 3.63) is 54.4 Å².